The van der Waals surface area contributed by atoms with Crippen LogP contribution in [-0.2, 0) is 9.53 Å². The largest absolute Gasteiger partial charge is 0.376 e. The predicted molar refractivity (Wildman–Crippen MR) is 90.1 cm³/mol. The molecule has 25 heavy (non-hydrogen) atoms. The summed E-state index contributed by atoms with van der Waals surface area (Å²) in [6.07, 6.45) is 1.91. The van der Waals surface area contributed by atoms with Crippen molar-refractivity contribution in [2.45, 2.75) is 18.0 Å². The summed E-state index contributed by atoms with van der Waals surface area (Å²) in [6, 6.07) is 3.49. The number of hydrogen-bond acceptors (Lipinski definition) is 5. The lowest BCUT2D eigenvalue weighted by molar-refractivity contribution is -0.124. The van der Waals surface area contributed by atoms with Crippen LogP contribution in [0.2, 0.25) is 5.02 Å². The molecule has 2 aromatic rings. The molecular weight excluding hydrogens is 369 g/mol. The number of halogens is 2. The van der Waals surface area contributed by atoms with Gasteiger partial charge in [-0.05, 0) is 18.2 Å². The fourth-order valence-corrected chi connectivity index (χ4v) is 3.99. The van der Waals surface area contributed by atoms with Gasteiger partial charge in [0.15, 0.2) is 0 Å². The Hall–Kier alpha value is -2.03. The molecule has 1 atom stereocenters. The van der Waals surface area contributed by atoms with Crippen molar-refractivity contribution in [3.63, 3.8) is 0 Å². The van der Waals surface area contributed by atoms with Crippen molar-refractivity contribution < 1.29 is 18.7 Å². The smallest absolute Gasteiger partial charge is 0.263 e. The minimum absolute atomic E-state index is 0.210. The maximum Gasteiger partial charge on any atom is 0.263 e. The number of ether oxygens (including phenoxy) is 1. The van der Waals surface area contributed by atoms with Gasteiger partial charge in [0.05, 0.1) is 24.9 Å². The van der Waals surface area contributed by atoms with E-state index in [9.17, 15) is 14.0 Å². The number of thiazole rings is 1. The minimum atomic E-state index is -0.592. The molecule has 2 amide bonds. The molecule has 1 aromatic heterocycles. The summed E-state index contributed by atoms with van der Waals surface area (Å²) in [5, 5.41) is 6.32. The normalized spacial score (nSPS) is 21.0. The highest BCUT2D eigenvalue weighted by atomic mass is 35.5. The van der Waals surface area contributed by atoms with Crippen molar-refractivity contribution in [3.8, 4) is 10.6 Å². The van der Waals surface area contributed by atoms with E-state index >= 15 is 0 Å². The van der Waals surface area contributed by atoms with Gasteiger partial charge >= 0.3 is 0 Å². The van der Waals surface area contributed by atoms with E-state index in [1.54, 1.807) is 6.07 Å². The maximum atomic E-state index is 13.5. The first-order valence-electron chi connectivity index (χ1n) is 7.57. The summed E-state index contributed by atoms with van der Waals surface area (Å²) < 4.78 is 18.6. The zero-order chi connectivity index (χ0) is 17.6. The van der Waals surface area contributed by atoms with Crippen LogP contribution in [0.1, 0.15) is 16.1 Å². The summed E-state index contributed by atoms with van der Waals surface area (Å²) in [6.45, 7) is 0.937. The van der Waals surface area contributed by atoms with Gasteiger partial charge in [0.1, 0.15) is 21.7 Å². The Bertz CT molecular complexity index is 848. The van der Waals surface area contributed by atoms with Gasteiger partial charge in [-0.2, -0.15) is 0 Å². The van der Waals surface area contributed by atoms with Crippen molar-refractivity contribution >= 4 is 34.8 Å². The van der Waals surface area contributed by atoms with Gasteiger partial charge in [-0.25, -0.2) is 9.37 Å². The van der Waals surface area contributed by atoms with Crippen LogP contribution in [-0.4, -0.2) is 41.6 Å². The van der Waals surface area contributed by atoms with Crippen LogP contribution in [0.25, 0.3) is 10.6 Å². The molecule has 130 valence electrons. The van der Waals surface area contributed by atoms with Gasteiger partial charge in [0, 0.05) is 17.0 Å². The first-order chi connectivity index (χ1) is 11.9. The number of benzene rings is 1. The number of aromatic nitrogens is 1. The first-order valence-corrected chi connectivity index (χ1v) is 8.77. The van der Waals surface area contributed by atoms with Gasteiger partial charge in [-0.15, -0.1) is 11.3 Å². The van der Waals surface area contributed by atoms with Crippen LogP contribution in [0.4, 0.5) is 4.39 Å². The molecular formula is C16H13ClFN3O3S. The number of rotatable bonds is 3. The van der Waals surface area contributed by atoms with Gasteiger partial charge in [0.2, 0.25) is 5.91 Å². The van der Waals surface area contributed by atoms with E-state index in [0.717, 1.165) is 11.3 Å². The quantitative estimate of drug-likeness (QED) is 0.852. The molecule has 3 heterocycles. The van der Waals surface area contributed by atoms with E-state index in [4.69, 9.17) is 16.3 Å². The lowest BCUT2D eigenvalue weighted by Gasteiger charge is -2.37. The van der Waals surface area contributed by atoms with Crippen molar-refractivity contribution in [1.82, 2.24) is 15.6 Å². The lowest BCUT2D eigenvalue weighted by atomic mass is 9.94. The summed E-state index contributed by atoms with van der Waals surface area (Å²) in [5.41, 5.74) is 0.157. The molecule has 0 unspecified atom stereocenters. The van der Waals surface area contributed by atoms with Crippen LogP contribution in [0.15, 0.2) is 24.4 Å². The van der Waals surface area contributed by atoms with Crippen molar-refractivity contribution in [3.05, 3.63) is 40.1 Å². The zero-order valence-corrected chi connectivity index (χ0v) is 14.4. The Balaban J connectivity index is 1.48. The Morgan fingerprint density at radius 2 is 2.24 bits per heavy atom. The summed E-state index contributed by atoms with van der Waals surface area (Å²) in [7, 11) is 0. The fourth-order valence-electron chi connectivity index (χ4n) is 2.96. The van der Waals surface area contributed by atoms with Crippen LogP contribution in [0.3, 0.4) is 0 Å². The molecule has 9 heteroatoms. The maximum absolute atomic E-state index is 13.5. The topological polar surface area (TPSA) is 80.3 Å². The van der Waals surface area contributed by atoms with Crippen LogP contribution >= 0.6 is 22.9 Å². The number of nitrogens with one attached hydrogen (secondary N) is 2. The molecule has 2 aliphatic rings. The van der Waals surface area contributed by atoms with E-state index in [0.29, 0.717) is 35.1 Å². The first kappa shape index (κ1) is 16.4. The third kappa shape index (κ3) is 3.12. The molecule has 0 bridgehead atoms. The standard InChI is InChI=1S/C16H13ClFN3O3S/c17-9-1-8(2-10(18)3-9)15-19-5-12(25-15)14(23)20-11-4-16(6-24-7-16)21-13(11)22/h1-3,5,11H,4,6-7H2,(H,20,23)(H,21,22)/t11-/m0/s1. The highest BCUT2D eigenvalue weighted by Gasteiger charge is 2.49. The monoisotopic (exact) mass is 381 g/mol. The predicted octanol–water partition coefficient (Wildman–Crippen LogP) is 1.99. The van der Waals surface area contributed by atoms with Gasteiger partial charge in [-0.3, -0.25) is 9.59 Å². The Labute approximate surface area is 151 Å². The van der Waals surface area contributed by atoms with Crippen molar-refractivity contribution in [1.29, 1.82) is 0 Å². The molecule has 2 aliphatic heterocycles. The molecule has 0 aliphatic carbocycles. The molecule has 1 spiro atoms. The Kier molecular flexibility index (Phi) is 3.98. The second-order valence-electron chi connectivity index (χ2n) is 6.18. The van der Waals surface area contributed by atoms with E-state index in [1.807, 2.05) is 0 Å². The van der Waals surface area contributed by atoms with Crippen LogP contribution < -0.4 is 10.6 Å². The molecule has 2 N–H and O–H groups in total. The molecule has 1 aromatic carbocycles. The number of carbonyl (C=O) groups excluding carboxylic acids is 2. The van der Waals surface area contributed by atoms with Gasteiger partial charge in [-0.1, -0.05) is 11.6 Å². The zero-order valence-electron chi connectivity index (χ0n) is 12.8. The Morgan fingerprint density at radius 3 is 2.88 bits per heavy atom. The van der Waals surface area contributed by atoms with E-state index in [-0.39, 0.29) is 22.4 Å². The third-order valence-electron chi connectivity index (χ3n) is 4.20. The number of hydrogen-bond donors (Lipinski definition) is 2. The van der Waals surface area contributed by atoms with Gasteiger partial charge < -0.3 is 15.4 Å². The highest BCUT2D eigenvalue weighted by molar-refractivity contribution is 7.16. The van der Waals surface area contributed by atoms with Gasteiger partial charge in [0.25, 0.3) is 5.91 Å². The minimum Gasteiger partial charge on any atom is -0.376 e. The highest BCUT2D eigenvalue weighted by Crippen LogP contribution is 2.30. The average molecular weight is 382 g/mol. The SMILES string of the molecule is O=C(N[C@H]1CC2(COC2)NC1=O)c1cnc(-c2cc(F)cc(Cl)c2)s1. The summed E-state index contributed by atoms with van der Waals surface area (Å²) in [5.74, 6) is -1.07. The average Bonchev–Trinajstić information content (AvgIpc) is 3.11. The molecule has 2 fully saturated rings. The third-order valence-corrected chi connectivity index (χ3v) is 5.46. The number of nitrogens with zero attached hydrogens (tertiary/aromatic N) is 1. The second kappa shape index (κ2) is 6.05. The fraction of sp³-hybridized carbons (Fsp3) is 0.312. The lowest BCUT2D eigenvalue weighted by Crippen LogP contribution is -2.57. The second-order valence-corrected chi connectivity index (χ2v) is 7.65. The number of amides is 2. The van der Waals surface area contributed by atoms with Crippen LogP contribution in [0.5, 0.6) is 0 Å². The summed E-state index contributed by atoms with van der Waals surface area (Å²) in [4.78, 5) is 28.9. The van der Waals surface area contributed by atoms with E-state index < -0.39 is 11.9 Å². The molecule has 2 saturated heterocycles. The molecule has 4 rings (SSSR count). The van der Waals surface area contributed by atoms with Crippen molar-refractivity contribution in [2.24, 2.45) is 0 Å². The van der Waals surface area contributed by atoms with E-state index in [2.05, 4.69) is 15.6 Å². The van der Waals surface area contributed by atoms with E-state index in [1.165, 1.54) is 18.3 Å². The Morgan fingerprint density at radius 1 is 1.44 bits per heavy atom. The molecule has 6 nitrogen and oxygen atoms in total. The molecule has 0 saturated carbocycles. The summed E-state index contributed by atoms with van der Waals surface area (Å²) >= 11 is 6.96. The molecule has 0 radical (unpaired) electrons. The van der Waals surface area contributed by atoms with Crippen LogP contribution in [0, 0.1) is 5.82 Å². The van der Waals surface area contributed by atoms with Crippen molar-refractivity contribution in [2.75, 3.05) is 13.2 Å². The number of carbonyl (C=O) groups is 2.